The van der Waals surface area contributed by atoms with Gasteiger partial charge in [0.2, 0.25) is 0 Å². The van der Waals surface area contributed by atoms with Crippen LogP contribution in [0.3, 0.4) is 0 Å². The molecular weight excluding hydrogens is 275 g/mol. The normalized spacial score (nSPS) is 24.6. The van der Waals surface area contributed by atoms with E-state index in [1.54, 1.807) is 16.9 Å². The Balaban J connectivity index is 1.67. The summed E-state index contributed by atoms with van der Waals surface area (Å²) in [6, 6.07) is 3.74. The topological polar surface area (TPSA) is 32.3 Å². The zero-order chi connectivity index (χ0) is 11.8. The summed E-state index contributed by atoms with van der Waals surface area (Å²) in [7, 11) is 2.28. The number of rotatable bonds is 3. The van der Waals surface area contributed by atoms with E-state index in [2.05, 4.69) is 33.1 Å². The number of hydrogen-bond donors (Lipinski definition) is 0. The average molecular weight is 294 g/mol. The van der Waals surface area contributed by atoms with Crippen molar-refractivity contribution in [1.82, 2.24) is 15.1 Å². The van der Waals surface area contributed by atoms with Crippen molar-refractivity contribution in [3.05, 3.63) is 12.3 Å². The van der Waals surface area contributed by atoms with Crippen molar-refractivity contribution in [1.29, 1.82) is 0 Å². The van der Waals surface area contributed by atoms with Crippen molar-refractivity contribution in [2.45, 2.75) is 31.3 Å². The van der Waals surface area contributed by atoms with Crippen molar-refractivity contribution in [2.24, 2.45) is 0 Å². The zero-order valence-corrected chi connectivity index (χ0v) is 12.6. The second-order valence-corrected chi connectivity index (χ2v) is 6.36. The van der Waals surface area contributed by atoms with Crippen molar-refractivity contribution in [3.8, 4) is 0 Å². The quantitative estimate of drug-likeness (QED) is 0.698. The van der Waals surface area contributed by atoms with E-state index in [1.807, 2.05) is 6.20 Å². The van der Waals surface area contributed by atoms with Crippen LogP contribution in [0.1, 0.15) is 19.3 Å². The van der Waals surface area contributed by atoms with Crippen LogP contribution in [0.25, 0.3) is 0 Å². The van der Waals surface area contributed by atoms with Gasteiger partial charge in [-0.2, -0.15) is 0 Å². The molecule has 3 rings (SSSR count). The Morgan fingerprint density at radius 1 is 1.35 bits per heavy atom. The molecule has 2 aliphatic rings. The van der Waals surface area contributed by atoms with E-state index in [9.17, 15) is 0 Å². The summed E-state index contributed by atoms with van der Waals surface area (Å²) in [5, 5.41) is 8.10. The maximum absolute atomic E-state index is 4.06. The third-order valence-corrected chi connectivity index (χ3v) is 4.48. The molecule has 1 aliphatic carbocycles. The fourth-order valence-corrected chi connectivity index (χ4v) is 3.13. The number of nitrogens with zero attached hydrogens (tertiary/aromatic N) is 4. The standard InChI is InChI=1S/C12H19AsN4/c1-16(9-2-3-9)10-4-5-17(8-10)11-6-12(13)15-14-7-11/h6-7,9-10H,2-5,8,13H2,1H3/t10-/m1/s1. The number of likely N-dealkylation sites (N-methyl/N-ethyl adjacent to an activating group) is 1. The first kappa shape index (κ1) is 11.5. The fraction of sp³-hybridized carbons (Fsp3) is 0.667. The average Bonchev–Trinajstić information content (AvgIpc) is 3.05. The van der Waals surface area contributed by atoms with Gasteiger partial charge in [0.05, 0.1) is 0 Å². The van der Waals surface area contributed by atoms with Crippen LogP contribution in [0.15, 0.2) is 12.3 Å². The van der Waals surface area contributed by atoms with E-state index in [1.165, 1.54) is 24.9 Å². The molecule has 0 N–H and O–H groups in total. The Hall–Kier alpha value is -0.602. The predicted molar refractivity (Wildman–Crippen MR) is 71.6 cm³/mol. The molecule has 1 aliphatic heterocycles. The summed E-state index contributed by atoms with van der Waals surface area (Å²) < 4.78 is 1.06. The summed E-state index contributed by atoms with van der Waals surface area (Å²) in [6.45, 7) is 2.30. The van der Waals surface area contributed by atoms with Gasteiger partial charge in [-0.3, -0.25) is 0 Å². The summed E-state index contributed by atoms with van der Waals surface area (Å²) >= 11 is 1.54. The van der Waals surface area contributed by atoms with Crippen LogP contribution in [0.5, 0.6) is 0 Å². The van der Waals surface area contributed by atoms with E-state index in [4.69, 9.17) is 0 Å². The molecule has 17 heavy (non-hydrogen) atoms. The van der Waals surface area contributed by atoms with E-state index in [-0.39, 0.29) is 0 Å². The first-order chi connectivity index (χ1) is 8.24. The van der Waals surface area contributed by atoms with Crippen LogP contribution >= 0.6 is 0 Å². The second kappa shape index (κ2) is 4.58. The Morgan fingerprint density at radius 3 is 2.88 bits per heavy atom. The van der Waals surface area contributed by atoms with E-state index < -0.39 is 0 Å². The first-order valence-corrected chi connectivity index (χ1v) is 7.50. The minimum absolute atomic E-state index is 0.724. The third-order valence-electron chi connectivity index (χ3n) is 3.89. The van der Waals surface area contributed by atoms with Crippen molar-refractivity contribution >= 4 is 27.0 Å². The van der Waals surface area contributed by atoms with Crippen molar-refractivity contribution < 1.29 is 0 Å². The molecule has 4 nitrogen and oxygen atoms in total. The van der Waals surface area contributed by atoms with Gasteiger partial charge in [-0.05, 0) is 0 Å². The van der Waals surface area contributed by atoms with Gasteiger partial charge in [-0.1, -0.05) is 0 Å². The van der Waals surface area contributed by atoms with E-state index in [0.717, 1.165) is 29.7 Å². The second-order valence-electron chi connectivity index (χ2n) is 5.12. The summed E-state index contributed by atoms with van der Waals surface area (Å²) in [5.74, 6) is 0. The Morgan fingerprint density at radius 2 is 2.18 bits per heavy atom. The van der Waals surface area contributed by atoms with E-state index in [0.29, 0.717) is 0 Å². The van der Waals surface area contributed by atoms with Gasteiger partial charge in [0.1, 0.15) is 0 Å². The molecule has 2 fully saturated rings. The number of hydrogen-bond acceptors (Lipinski definition) is 4. The molecule has 0 radical (unpaired) electrons. The summed E-state index contributed by atoms with van der Waals surface area (Å²) in [5.41, 5.74) is 1.24. The van der Waals surface area contributed by atoms with Crippen LogP contribution in [0, 0.1) is 0 Å². The fourth-order valence-electron chi connectivity index (χ4n) is 2.63. The molecule has 1 unspecified atom stereocenters. The molecular formula is C12H19AsN4. The molecule has 2 atom stereocenters. The molecule has 2 heterocycles. The molecule has 1 aromatic rings. The molecule has 1 saturated carbocycles. The van der Waals surface area contributed by atoms with Crippen LogP contribution in [0.4, 0.5) is 5.69 Å². The number of anilines is 1. The molecule has 92 valence electrons. The van der Waals surface area contributed by atoms with Crippen LogP contribution in [0.2, 0.25) is 0 Å². The molecule has 0 amide bonds. The van der Waals surface area contributed by atoms with Gasteiger partial charge < -0.3 is 0 Å². The molecule has 0 aromatic carbocycles. The zero-order valence-electron chi connectivity index (χ0n) is 10.2. The van der Waals surface area contributed by atoms with Crippen LogP contribution < -0.4 is 9.38 Å². The molecule has 0 spiro atoms. The van der Waals surface area contributed by atoms with Gasteiger partial charge in [0, 0.05) is 0 Å². The van der Waals surface area contributed by atoms with Gasteiger partial charge in [0.15, 0.2) is 0 Å². The SMILES string of the molecule is CN(C1CC1)[C@@H]1CCN(c2cnnc([AsH2])c2)C1. The molecule has 1 aromatic heterocycles. The van der Waals surface area contributed by atoms with Crippen LogP contribution in [-0.2, 0) is 0 Å². The minimum atomic E-state index is 0.724. The molecule has 5 heteroatoms. The summed E-state index contributed by atoms with van der Waals surface area (Å²) in [6.07, 6.45) is 5.96. The Kier molecular flexibility index (Phi) is 3.10. The molecule has 0 bridgehead atoms. The monoisotopic (exact) mass is 294 g/mol. The third kappa shape index (κ3) is 2.48. The van der Waals surface area contributed by atoms with Crippen molar-refractivity contribution in [3.63, 3.8) is 0 Å². The Bertz CT molecular complexity index is 407. The van der Waals surface area contributed by atoms with Gasteiger partial charge in [0.25, 0.3) is 0 Å². The first-order valence-electron chi connectivity index (χ1n) is 6.29. The Labute approximate surface area is 111 Å². The van der Waals surface area contributed by atoms with Crippen molar-refractivity contribution in [2.75, 3.05) is 25.0 Å². The number of aromatic nitrogens is 2. The summed E-state index contributed by atoms with van der Waals surface area (Å²) in [4.78, 5) is 5.02. The molecule has 1 saturated heterocycles. The predicted octanol–water partition coefficient (Wildman–Crippen LogP) is -0.592. The van der Waals surface area contributed by atoms with Gasteiger partial charge in [-0.15, -0.1) is 0 Å². The maximum atomic E-state index is 4.06. The van der Waals surface area contributed by atoms with Gasteiger partial charge in [-0.25, -0.2) is 0 Å². The van der Waals surface area contributed by atoms with E-state index >= 15 is 0 Å². The van der Waals surface area contributed by atoms with Crippen LogP contribution in [-0.4, -0.2) is 64.2 Å². The van der Waals surface area contributed by atoms with Gasteiger partial charge >= 0.3 is 111 Å².